The summed E-state index contributed by atoms with van der Waals surface area (Å²) in [5, 5.41) is 5.65. The molecule has 1 amide bonds. The van der Waals surface area contributed by atoms with Gasteiger partial charge >= 0.3 is 0 Å². The maximum absolute atomic E-state index is 12.8. The van der Waals surface area contributed by atoms with Crippen molar-refractivity contribution < 1.29 is 13.6 Å². The first-order valence-corrected chi connectivity index (χ1v) is 6.25. The van der Waals surface area contributed by atoms with Crippen LogP contribution < -0.4 is 10.6 Å². The quantitative estimate of drug-likeness (QED) is 0.862. The van der Waals surface area contributed by atoms with Gasteiger partial charge in [0, 0.05) is 31.0 Å². The molecule has 0 spiro atoms. The van der Waals surface area contributed by atoms with Gasteiger partial charge in [-0.1, -0.05) is 0 Å². The summed E-state index contributed by atoms with van der Waals surface area (Å²) >= 11 is 0. The molecule has 1 aliphatic heterocycles. The average Bonchev–Trinajstić information content (AvgIpc) is 2.95. The number of carbonyl (C=O) groups is 1. The lowest BCUT2D eigenvalue weighted by Gasteiger charge is -2.19. The van der Waals surface area contributed by atoms with Gasteiger partial charge in [-0.25, -0.2) is 18.7 Å². The molecule has 0 aromatic carbocycles. The van der Waals surface area contributed by atoms with Gasteiger partial charge in [-0.05, 0) is 13.3 Å². The maximum Gasteiger partial charge on any atom is 0.270 e. The number of hydrogen-bond acceptors (Lipinski definition) is 4. The van der Waals surface area contributed by atoms with E-state index >= 15 is 0 Å². The summed E-state index contributed by atoms with van der Waals surface area (Å²) in [5.41, 5.74) is 1.07. The molecule has 0 saturated heterocycles. The van der Waals surface area contributed by atoms with Crippen LogP contribution in [0.25, 0.3) is 0 Å². The fraction of sp³-hybridized carbons (Fsp3) is 0.583. The summed E-state index contributed by atoms with van der Waals surface area (Å²) in [7, 11) is 0. The van der Waals surface area contributed by atoms with Gasteiger partial charge in [0.05, 0.1) is 0 Å². The number of aryl methyl sites for hydroxylation is 1. The molecule has 0 radical (unpaired) electrons. The summed E-state index contributed by atoms with van der Waals surface area (Å²) < 4.78 is 25.7. The van der Waals surface area contributed by atoms with E-state index in [4.69, 9.17) is 0 Å². The molecular weight excluding hydrogens is 254 g/mol. The number of halogens is 2. The zero-order valence-corrected chi connectivity index (χ0v) is 10.5. The largest absolute Gasteiger partial charge is 0.369 e. The van der Waals surface area contributed by atoms with Crippen molar-refractivity contribution in [2.24, 2.45) is 5.92 Å². The van der Waals surface area contributed by atoms with Crippen LogP contribution in [0.3, 0.4) is 0 Å². The summed E-state index contributed by atoms with van der Waals surface area (Å²) in [6, 6.07) is 0. The highest BCUT2D eigenvalue weighted by molar-refractivity contribution is 5.95. The lowest BCUT2D eigenvalue weighted by atomic mass is 10.1. The molecule has 19 heavy (non-hydrogen) atoms. The van der Waals surface area contributed by atoms with E-state index in [-0.39, 0.29) is 18.9 Å². The van der Waals surface area contributed by atoms with E-state index in [9.17, 15) is 13.6 Å². The molecule has 7 heteroatoms. The second kappa shape index (κ2) is 4.11. The van der Waals surface area contributed by atoms with Crippen LogP contribution in [0, 0.1) is 12.8 Å². The number of carbonyl (C=O) groups excluding carboxylic acids is 1. The van der Waals surface area contributed by atoms with Crippen molar-refractivity contribution >= 4 is 11.7 Å². The average molecular weight is 268 g/mol. The molecule has 1 fully saturated rings. The Bertz CT molecular complexity index is 547. The molecule has 1 aromatic heterocycles. The third kappa shape index (κ3) is 2.24. The molecule has 5 nitrogen and oxygen atoms in total. The highest BCUT2D eigenvalue weighted by atomic mass is 19.3. The molecule has 2 heterocycles. The van der Waals surface area contributed by atoms with Crippen LogP contribution in [0.4, 0.5) is 14.6 Å². The summed E-state index contributed by atoms with van der Waals surface area (Å²) in [6.45, 7) is 2.38. The maximum atomic E-state index is 12.8. The van der Waals surface area contributed by atoms with Gasteiger partial charge < -0.3 is 10.6 Å². The van der Waals surface area contributed by atoms with E-state index in [2.05, 4.69) is 20.6 Å². The second-order valence-corrected chi connectivity index (χ2v) is 5.00. The minimum Gasteiger partial charge on any atom is -0.369 e. The molecule has 1 aliphatic carbocycles. The molecule has 1 aromatic rings. The van der Waals surface area contributed by atoms with E-state index in [0.717, 1.165) is 5.56 Å². The number of rotatable bonds is 3. The van der Waals surface area contributed by atoms with Gasteiger partial charge in [0.25, 0.3) is 11.8 Å². The van der Waals surface area contributed by atoms with Crippen molar-refractivity contribution in [1.29, 1.82) is 0 Å². The van der Waals surface area contributed by atoms with Gasteiger partial charge in [0.1, 0.15) is 17.3 Å². The zero-order chi connectivity index (χ0) is 13.6. The Hall–Kier alpha value is -1.79. The Balaban J connectivity index is 1.82. The predicted molar refractivity (Wildman–Crippen MR) is 64.3 cm³/mol. The molecule has 0 bridgehead atoms. The van der Waals surface area contributed by atoms with Crippen LogP contribution in [0.5, 0.6) is 0 Å². The number of anilines is 1. The van der Waals surface area contributed by atoms with Gasteiger partial charge in [0.2, 0.25) is 0 Å². The molecule has 102 valence electrons. The third-order valence-electron chi connectivity index (χ3n) is 3.47. The molecule has 1 unspecified atom stereocenters. The highest BCUT2D eigenvalue weighted by Gasteiger charge is 2.56. The smallest absolute Gasteiger partial charge is 0.270 e. The topological polar surface area (TPSA) is 66.9 Å². The Morgan fingerprint density at radius 3 is 2.89 bits per heavy atom. The Morgan fingerprint density at radius 1 is 1.47 bits per heavy atom. The van der Waals surface area contributed by atoms with E-state index in [1.54, 1.807) is 6.92 Å². The molecule has 1 saturated carbocycles. The van der Waals surface area contributed by atoms with Crippen LogP contribution in [-0.4, -0.2) is 34.9 Å². The van der Waals surface area contributed by atoms with Crippen LogP contribution in [0.1, 0.15) is 28.3 Å². The van der Waals surface area contributed by atoms with Gasteiger partial charge in [-0.15, -0.1) is 0 Å². The summed E-state index contributed by atoms with van der Waals surface area (Å²) in [6.07, 6.45) is 0.539. The number of hydrogen-bond donors (Lipinski definition) is 2. The van der Waals surface area contributed by atoms with Crippen molar-refractivity contribution in [3.05, 3.63) is 17.1 Å². The van der Waals surface area contributed by atoms with Crippen molar-refractivity contribution in [3.63, 3.8) is 0 Å². The third-order valence-corrected chi connectivity index (χ3v) is 3.47. The standard InChI is InChI=1S/C12H14F2N4O/c1-6-17-9-8(2-3-15-11(9)19)10(18-6)16-5-7-4-12(7,13)14/h7H,2-5H2,1H3,(H,15,19)(H,16,17,18). The highest BCUT2D eigenvalue weighted by Crippen LogP contribution is 2.48. The van der Waals surface area contributed by atoms with Crippen LogP contribution in [-0.2, 0) is 6.42 Å². The molecule has 1 atom stereocenters. The fourth-order valence-corrected chi connectivity index (χ4v) is 2.26. The molecule has 2 N–H and O–H groups in total. The van der Waals surface area contributed by atoms with Crippen LogP contribution in [0.2, 0.25) is 0 Å². The summed E-state index contributed by atoms with van der Waals surface area (Å²) in [4.78, 5) is 20.0. The van der Waals surface area contributed by atoms with Crippen molar-refractivity contribution in [1.82, 2.24) is 15.3 Å². The minimum absolute atomic E-state index is 0.0766. The van der Waals surface area contributed by atoms with Gasteiger partial charge in [-0.2, -0.15) is 0 Å². The monoisotopic (exact) mass is 268 g/mol. The Kier molecular flexibility index (Phi) is 2.65. The Morgan fingerprint density at radius 2 is 2.21 bits per heavy atom. The lowest BCUT2D eigenvalue weighted by Crippen LogP contribution is -2.34. The Labute approximate surface area is 108 Å². The molecule has 3 rings (SSSR count). The minimum atomic E-state index is -2.55. The van der Waals surface area contributed by atoms with E-state index in [1.807, 2.05) is 0 Å². The number of nitrogens with one attached hydrogen (secondary N) is 2. The van der Waals surface area contributed by atoms with Crippen LogP contribution in [0.15, 0.2) is 0 Å². The molecular formula is C12H14F2N4O. The van der Waals surface area contributed by atoms with E-state index in [1.165, 1.54) is 0 Å². The fourth-order valence-electron chi connectivity index (χ4n) is 2.26. The number of alkyl halides is 2. The van der Waals surface area contributed by atoms with E-state index in [0.29, 0.717) is 30.3 Å². The van der Waals surface area contributed by atoms with Crippen molar-refractivity contribution in [2.45, 2.75) is 25.7 Å². The first kappa shape index (κ1) is 12.3. The van der Waals surface area contributed by atoms with Crippen molar-refractivity contribution in [3.8, 4) is 0 Å². The van der Waals surface area contributed by atoms with E-state index < -0.39 is 11.8 Å². The predicted octanol–water partition coefficient (Wildman–Crippen LogP) is 1.14. The van der Waals surface area contributed by atoms with Gasteiger partial charge in [-0.3, -0.25) is 4.79 Å². The number of fused-ring (bicyclic) bond motifs is 1. The first-order valence-electron chi connectivity index (χ1n) is 6.25. The normalized spacial score (nSPS) is 23.5. The number of nitrogens with zero attached hydrogens (tertiary/aromatic N) is 2. The van der Waals surface area contributed by atoms with Gasteiger partial charge in [0.15, 0.2) is 0 Å². The second-order valence-electron chi connectivity index (χ2n) is 5.00. The summed E-state index contributed by atoms with van der Waals surface area (Å²) in [5.74, 6) is -2.43. The number of amides is 1. The zero-order valence-electron chi connectivity index (χ0n) is 10.5. The van der Waals surface area contributed by atoms with Crippen LogP contribution >= 0.6 is 0 Å². The SMILES string of the molecule is Cc1nc(NCC2CC2(F)F)c2c(n1)C(=O)NCC2. The lowest BCUT2D eigenvalue weighted by molar-refractivity contribution is 0.0938. The number of aromatic nitrogens is 2. The first-order chi connectivity index (χ1) is 8.97. The molecule has 2 aliphatic rings. The van der Waals surface area contributed by atoms with Crippen molar-refractivity contribution in [2.75, 3.05) is 18.4 Å².